The zero-order valence-electron chi connectivity index (χ0n) is 10.8. The van der Waals surface area contributed by atoms with Gasteiger partial charge < -0.3 is 10.5 Å². The molecule has 19 heavy (non-hydrogen) atoms. The van der Waals surface area contributed by atoms with E-state index in [1.165, 1.54) is 0 Å². The van der Waals surface area contributed by atoms with Crippen LogP contribution in [0.4, 0.5) is 5.69 Å². The average Bonchev–Trinajstić information content (AvgIpc) is 2.48. The Hall–Kier alpha value is -2.33. The Kier molecular flexibility index (Phi) is 4.53. The van der Waals surface area contributed by atoms with E-state index in [4.69, 9.17) is 10.5 Å². The van der Waals surface area contributed by atoms with Gasteiger partial charge in [0.05, 0.1) is 19.0 Å². The summed E-state index contributed by atoms with van der Waals surface area (Å²) in [6.07, 6.45) is 1.76. The van der Waals surface area contributed by atoms with Crippen LogP contribution in [0.2, 0.25) is 0 Å². The maximum absolute atomic E-state index is 5.67. The first-order valence-electron chi connectivity index (χ1n) is 6.04. The van der Waals surface area contributed by atoms with Crippen molar-refractivity contribution >= 4 is 11.9 Å². The molecule has 0 atom stereocenters. The number of nitrogens with two attached hydrogens (primary N) is 1. The van der Waals surface area contributed by atoms with Gasteiger partial charge in [-0.2, -0.15) is 5.10 Å². The highest BCUT2D eigenvalue weighted by Gasteiger charge is 2.01. The third kappa shape index (κ3) is 3.56. The second-order valence-electron chi connectivity index (χ2n) is 4.01. The Morgan fingerprint density at radius 3 is 2.68 bits per heavy atom. The summed E-state index contributed by atoms with van der Waals surface area (Å²) in [5, 5.41) is 4.19. The lowest BCUT2D eigenvalue weighted by Crippen LogP contribution is -2.01. The van der Waals surface area contributed by atoms with Crippen molar-refractivity contribution in [1.82, 2.24) is 0 Å². The van der Waals surface area contributed by atoms with Gasteiger partial charge in [-0.25, -0.2) is 0 Å². The van der Waals surface area contributed by atoms with Crippen LogP contribution in [-0.2, 0) is 6.54 Å². The lowest BCUT2D eigenvalue weighted by molar-refractivity contribution is 0.410. The van der Waals surface area contributed by atoms with E-state index in [1.807, 2.05) is 48.5 Å². The van der Waals surface area contributed by atoms with E-state index in [0.717, 1.165) is 22.6 Å². The summed E-state index contributed by atoms with van der Waals surface area (Å²) in [4.78, 5) is 0. The third-order valence-electron chi connectivity index (χ3n) is 2.71. The van der Waals surface area contributed by atoms with Crippen molar-refractivity contribution in [1.29, 1.82) is 0 Å². The molecule has 0 amide bonds. The number of anilines is 1. The van der Waals surface area contributed by atoms with Gasteiger partial charge >= 0.3 is 0 Å². The second-order valence-corrected chi connectivity index (χ2v) is 4.01. The van der Waals surface area contributed by atoms with Gasteiger partial charge in [0, 0.05) is 12.1 Å². The second kappa shape index (κ2) is 6.56. The largest absolute Gasteiger partial charge is 0.496 e. The van der Waals surface area contributed by atoms with Crippen molar-refractivity contribution in [2.75, 3.05) is 12.5 Å². The van der Waals surface area contributed by atoms with E-state index in [9.17, 15) is 0 Å². The van der Waals surface area contributed by atoms with Gasteiger partial charge in [-0.1, -0.05) is 18.2 Å². The number of benzene rings is 2. The highest BCUT2D eigenvalue weighted by Crippen LogP contribution is 2.18. The molecule has 2 aromatic rings. The quantitative estimate of drug-likeness (QED) is 0.637. The number of hydrazone groups is 1. The maximum atomic E-state index is 5.67. The van der Waals surface area contributed by atoms with Gasteiger partial charge in [-0.05, 0) is 35.9 Å². The predicted octanol–water partition coefficient (Wildman–Crippen LogP) is 2.60. The van der Waals surface area contributed by atoms with Crippen molar-refractivity contribution in [3.05, 3.63) is 59.7 Å². The molecule has 0 aliphatic heterocycles. The van der Waals surface area contributed by atoms with Crippen molar-refractivity contribution in [3.63, 3.8) is 0 Å². The zero-order chi connectivity index (χ0) is 13.5. The normalized spacial score (nSPS) is 10.6. The Labute approximate surface area is 112 Å². The van der Waals surface area contributed by atoms with Gasteiger partial charge in [0.15, 0.2) is 0 Å². The predicted molar refractivity (Wildman–Crippen MR) is 78.5 cm³/mol. The first kappa shape index (κ1) is 13.1. The highest BCUT2D eigenvalue weighted by molar-refractivity contribution is 5.81. The van der Waals surface area contributed by atoms with Crippen molar-refractivity contribution in [2.45, 2.75) is 6.54 Å². The fourth-order valence-electron chi connectivity index (χ4n) is 1.73. The minimum atomic E-state index is 0.441. The standard InChI is InChI=1S/C15H17N3O/c1-19-15-8-7-12(9-13(15)10-16)11-17-18-14-5-3-2-4-6-14/h2-9,11,18H,10,16H2,1H3. The average molecular weight is 255 g/mol. The number of hydrogen-bond donors (Lipinski definition) is 2. The minimum Gasteiger partial charge on any atom is -0.496 e. The van der Waals surface area contributed by atoms with E-state index in [-0.39, 0.29) is 0 Å². The first-order chi connectivity index (χ1) is 9.33. The van der Waals surface area contributed by atoms with Crippen LogP contribution >= 0.6 is 0 Å². The summed E-state index contributed by atoms with van der Waals surface area (Å²) in [6, 6.07) is 15.6. The number of methoxy groups -OCH3 is 1. The Balaban J connectivity index is 2.07. The first-order valence-corrected chi connectivity index (χ1v) is 6.04. The van der Waals surface area contributed by atoms with Gasteiger partial charge in [0.2, 0.25) is 0 Å². The van der Waals surface area contributed by atoms with Crippen LogP contribution in [0, 0.1) is 0 Å². The molecular weight excluding hydrogens is 238 g/mol. The van der Waals surface area contributed by atoms with Gasteiger partial charge in [0.25, 0.3) is 0 Å². The summed E-state index contributed by atoms with van der Waals surface area (Å²) in [6.45, 7) is 0.441. The SMILES string of the molecule is COc1ccc(C=NNc2ccccc2)cc1CN. The van der Waals surface area contributed by atoms with Crippen molar-refractivity contribution in [2.24, 2.45) is 10.8 Å². The molecule has 0 aliphatic rings. The summed E-state index contributed by atoms with van der Waals surface area (Å²) in [5.74, 6) is 0.802. The zero-order valence-corrected chi connectivity index (χ0v) is 10.8. The molecule has 0 aromatic heterocycles. The molecule has 4 heteroatoms. The molecule has 0 spiro atoms. The fourth-order valence-corrected chi connectivity index (χ4v) is 1.73. The highest BCUT2D eigenvalue weighted by atomic mass is 16.5. The third-order valence-corrected chi connectivity index (χ3v) is 2.71. The molecular formula is C15H17N3O. The molecule has 0 unspecified atom stereocenters. The number of rotatable bonds is 5. The van der Waals surface area contributed by atoms with Gasteiger partial charge in [-0.3, -0.25) is 5.43 Å². The van der Waals surface area contributed by atoms with Crippen molar-refractivity contribution < 1.29 is 4.74 Å². The van der Waals surface area contributed by atoms with Crippen molar-refractivity contribution in [3.8, 4) is 5.75 Å². The van der Waals surface area contributed by atoms with Crippen LogP contribution in [0.5, 0.6) is 5.75 Å². The molecule has 0 bridgehead atoms. The van der Waals surface area contributed by atoms with Crippen LogP contribution in [0.1, 0.15) is 11.1 Å². The minimum absolute atomic E-state index is 0.441. The van der Waals surface area contributed by atoms with Gasteiger partial charge in [0.1, 0.15) is 5.75 Å². The van der Waals surface area contributed by atoms with E-state index in [2.05, 4.69) is 10.5 Å². The van der Waals surface area contributed by atoms with E-state index < -0.39 is 0 Å². The summed E-state index contributed by atoms with van der Waals surface area (Å²) in [5.41, 5.74) is 11.5. The molecule has 0 saturated heterocycles. The van der Waals surface area contributed by atoms with Crippen LogP contribution in [0.15, 0.2) is 53.6 Å². The maximum Gasteiger partial charge on any atom is 0.123 e. The smallest absolute Gasteiger partial charge is 0.123 e. The van der Waals surface area contributed by atoms with Crippen LogP contribution in [-0.4, -0.2) is 13.3 Å². The topological polar surface area (TPSA) is 59.6 Å². The van der Waals surface area contributed by atoms with Crippen LogP contribution in [0.25, 0.3) is 0 Å². The monoisotopic (exact) mass is 255 g/mol. The van der Waals surface area contributed by atoms with Crippen LogP contribution in [0.3, 0.4) is 0 Å². The summed E-state index contributed by atoms with van der Waals surface area (Å²) < 4.78 is 5.22. The molecule has 3 N–H and O–H groups in total. The number of hydrogen-bond acceptors (Lipinski definition) is 4. The molecule has 0 heterocycles. The Morgan fingerprint density at radius 1 is 1.21 bits per heavy atom. The number of para-hydroxylation sites is 1. The molecule has 0 fully saturated rings. The van der Waals surface area contributed by atoms with E-state index in [0.29, 0.717) is 6.54 Å². The summed E-state index contributed by atoms with van der Waals surface area (Å²) in [7, 11) is 1.64. The van der Waals surface area contributed by atoms with E-state index in [1.54, 1.807) is 13.3 Å². The van der Waals surface area contributed by atoms with E-state index >= 15 is 0 Å². The summed E-state index contributed by atoms with van der Waals surface area (Å²) >= 11 is 0. The fraction of sp³-hybridized carbons (Fsp3) is 0.133. The molecule has 2 rings (SSSR count). The van der Waals surface area contributed by atoms with Gasteiger partial charge in [-0.15, -0.1) is 0 Å². The molecule has 4 nitrogen and oxygen atoms in total. The molecule has 0 saturated carbocycles. The molecule has 0 aliphatic carbocycles. The lowest BCUT2D eigenvalue weighted by atomic mass is 10.1. The number of ether oxygens (including phenoxy) is 1. The number of nitrogens with one attached hydrogen (secondary N) is 1. The Morgan fingerprint density at radius 2 is 2.00 bits per heavy atom. The molecule has 2 aromatic carbocycles. The van der Waals surface area contributed by atoms with Crippen LogP contribution < -0.4 is 15.9 Å². The Bertz CT molecular complexity index is 553. The molecule has 0 radical (unpaired) electrons. The number of nitrogens with zero attached hydrogens (tertiary/aromatic N) is 1. The lowest BCUT2D eigenvalue weighted by Gasteiger charge is -2.06. The molecule has 98 valence electrons.